The first-order valence-electron chi connectivity index (χ1n) is 18.7. The Labute approximate surface area is 327 Å². The molecule has 0 aliphatic rings. The van der Waals surface area contributed by atoms with Crippen LogP contribution in [0.2, 0.25) is 0 Å². The monoisotopic (exact) mass is 735 g/mol. The molecule has 2 aromatic heterocycles. The summed E-state index contributed by atoms with van der Waals surface area (Å²) in [4.78, 5) is 2.46. The van der Waals surface area contributed by atoms with Gasteiger partial charge in [-0.05, 0) is 80.6 Å². The van der Waals surface area contributed by atoms with Crippen LogP contribution < -0.4 is 4.90 Å². The molecule has 0 saturated carbocycles. The van der Waals surface area contributed by atoms with Crippen molar-refractivity contribution < 1.29 is 0 Å². The van der Waals surface area contributed by atoms with Gasteiger partial charge in [-0.1, -0.05) is 164 Å². The molecule has 1 nitrogen and oxygen atoms in total. The van der Waals surface area contributed by atoms with E-state index < -0.39 is 0 Å². The van der Waals surface area contributed by atoms with Crippen LogP contribution in [0.3, 0.4) is 0 Å². The molecule has 0 N–H and O–H groups in total. The van der Waals surface area contributed by atoms with Crippen molar-refractivity contribution in [3.63, 3.8) is 0 Å². The summed E-state index contributed by atoms with van der Waals surface area (Å²) >= 11 is 3.77. The van der Waals surface area contributed by atoms with Gasteiger partial charge in [0.15, 0.2) is 0 Å². The van der Waals surface area contributed by atoms with Gasteiger partial charge in [0, 0.05) is 47.0 Å². The van der Waals surface area contributed by atoms with E-state index in [-0.39, 0.29) is 0 Å². The van der Waals surface area contributed by atoms with Crippen molar-refractivity contribution in [2.24, 2.45) is 0 Å². The van der Waals surface area contributed by atoms with Crippen molar-refractivity contribution in [2.45, 2.75) is 0 Å². The van der Waals surface area contributed by atoms with Crippen LogP contribution in [0.15, 0.2) is 200 Å². The highest BCUT2D eigenvalue weighted by atomic mass is 32.1. The summed E-state index contributed by atoms with van der Waals surface area (Å²) < 4.78 is 5.24. The predicted octanol–water partition coefficient (Wildman–Crippen LogP) is 16.0. The number of anilines is 3. The van der Waals surface area contributed by atoms with Crippen LogP contribution in [0.5, 0.6) is 0 Å². The normalized spacial score (nSPS) is 11.6. The molecule has 0 aliphatic heterocycles. The maximum atomic E-state index is 2.46. The Balaban J connectivity index is 1.11. The van der Waals surface area contributed by atoms with Crippen LogP contribution in [0.25, 0.3) is 84.5 Å². The largest absolute Gasteiger partial charge is 0.309 e. The molecule has 11 aromatic rings. The number of hydrogen-bond donors (Lipinski definition) is 0. The third-order valence-electron chi connectivity index (χ3n) is 10.9. The zero-order chi connectivity index (χ0) is 36.3. The van der Waals surface area contributed by atoms with Gasteiger partial charge in [-0.2, -0.15) is 0 Å². The van der Waals surface area contributed by atoms with Gasteiger partial charge in [0.25, 0.3) is 0 Å². The van der Waals surface area contributed by atoms with Crippen molar-refractivity contribution in [2.75, 3.05) is 4.90 Å². The van der Waals surface area contributed by atoms with Gasteiger partial charge in [0.1, 0.15) is 0 Å². The van der Waals surface area contributed by atoms with Crippen molar-refractivity contribution in [3.8, 4) is 33.4 Å². The molecule has 55 heavy (non-hydrogen) atoms. The fraction of sp³-hybridized carbons (Fsp3) is 0. The highest BCUT2D eigenvalue weighted by Crippen LogP contribution is 2.48. The van der Waals surface area contributed by atoms with Crippen LogP contribution >= 0.6 is 22.7 Å². The Hall–Kier alpha value is -6.52. The zero-order valence-electron chi connectivity index (χ0n) is 29.8. The molecule has 0 atom stereocenters. The van der Waals surface area contributed by atoms with E-state index in [0.29, 0.717) is 0 Å². The summed E-state index contributed by atoms with van der Waals surface area (Å²) in [6, 6.07) is 73.3. The van der Waals surface area contributed by atoms with Crippen LogP contribution in [0.1, 0.15) is 0 Å². The molecule has 3 heteroatoms. The first-order chi connectivity index (χ1) is 27.3. The Morgan fingerprint density at radius 2 is 0.855 bits per heavy atom. The van der Waals surface area contributed by atoms with Gasteiger partial charge < -0.3 is 4.90 Å². The number of hydrogen-bond acceptors (Lipinski definition) is 3. The molecule has 9 aromatic carbocycles. The topological polar surface area (TPSA) is 3.24 Å². The summed E-state index contributed by atoms with van der Waals surface area (Å²) in [5, 5.41) is 7.72. The fourth-order valence-electron chi connectivity index (χ4n) is 8.31. The van der Waals surface area contributed by atoms with Crippen molar-refractivity contribution in [1.29, 1.82) is 0 Å². The molecule has 0 saturated heterocycles. The number of fused-ring (bicyclic) bond motifs is 7. The maximum Gasteiger partial charge on any atom is 0.0640 e. The average Bonchev–Trinajstić information content (AvgIpc) is 3.84. The van der Waals surface area contributed by atoms with E-state index >= 15 is 0 Å². The number of thiophene rings is 2. The van der Waals surface area contributed by atoms with E-state index in [1.165, 1.54) is 90.2 Å². The van der Waals surface area contributed by atoms with E-state index in [1.807, 2.05) is 22.7 Å². The van der Waals surface area contributed by atoms with E-state index in [4.69, 9.17) is 0 Å². The molecule has 258 valence electrons. The Kier molecular flexibility index (Phi) is 7.61. The lowest BCUT2D eigenvalue weighted by Gasteiger charge is -2.27. The minimum Gasteiger partial charge on any atom is -0.309 e. The SMILES string of the molecule is c1ccc(-c2cccc3c2sc2c(N(c4ccc(-c5cccc6c5sc5ccccc56)cc4)c4cccc(-c5cccc6ccccc56)c4)cccc23)cc1. The molecule has 11 rings (SSSR count). The van der Waals surface area contributed by atoms with E-state index in [9.17, 15) is 0 Å². The van der Waals surface area contributed by atoms with Crippen molar-refractivity contribution in [1.82, 2.24) is 0 Å². The molecule has 2 heterocycles. The number of nitrogens with zero attached hydrogens (tertiary/aromatic N) is 1. The lowest BCUT2D eigenvalue weighted by Crippen LogP contribution is -2.10. The lowest BCUT2D eigenvalue weighted by atomic mass is 9.97. The molecule has 0 unspecified atom stereocenters. The Morgan fingerprint density at radius 3 is 1.67 bits per heavy atom. The second-order valence-corrected chi connectivity index (χ2v) is 16.1. The van der Waals surface area contributed by atoms with Crippen molar-refractivity contribution >= 4 is 90.9 Å². The second kappa shape index (κ2) is 13.1. The third kappa shape index (κ3) is 5.35. The summed E-state index contributed by atoms with van der Waals surface area (Å²) in [5.41, 5.74) is 10.9. The molecule has 0 fully saturated rings. The van der Waals surface area contributed by atoms with Gasteiger partial charge >= 0.3 is 0 Å². The summed E-state index contributed by atoms with van der Waals surface area (Å²) in [6.45, 7) is 0. The fourth-order valence-corrected chi connectivity index (χ4v) is 10.9. The molecule has 0 amide bonds. The van der Waals surface area contributed by atoms with Crippen LogP contribution in [-0.4, -0.2) is 0 Å². The minimum atomic E-state index is 1.12. The summed E-state index contributed by atoms with van der Waals surface area (Å²) in [7, 11) is 0. The van der Waals surface area contributed by atoms with E-state index in [2.05, 4.69) is 205 Å². The van der Waals surface area contributed by atoms with Crippen LogP contribution in [0, 0.1) is 0 Å². The molecular formula is C52H33NS2. The van der Waals surface area contributed by atoms with Gasteiger partial charge in [-0.15, -0.1) is 22.7 Å². The summed E-state index contributed by atoms with van der Waals surface area (Å²) in [5.74, 6) is 0. The number of benzene rings is 9. The van der Waals surface area contributed by atoms with Crippen LogP contribution in [-0.2, 0) is 0 Å². The standard InChI is InChI=1S/C52H33NS2/c1-2-13-35(14-3-1)42-22-11-25-46-47-26-12-27-48(52(47)55-51(42)46)53(39-18-8-17-37(33-39)41-21-9-16-34-15-4-5-19-40(34)41)38-31-29-36(30-32-38)43-23-10-24-45-44-20-6-7-28-49(44)54-50(43)45/h1-33H. The molecule has 0 aliphatic carbocycles. The van der Waals surface area contributed by atoms with Crippen LogP contribution in [0.4, 0.5) is 17.1 Å². The quantitative estimate of drug-likeness (QED) is 0.164. The van der Waals surface area contributed by atoms with E-state index in [1.54, 1.807) is 0 Å². The van der Waals surface area contributed by atoms with Gasteiger partial charge in [0.05, 0.1) is 10.4 Å². The average molecular weight is 736 g/mol. The lowest BCUT2D eigenvalue weighted by molar-refractivity contribution is 1.30. The highest BCUT2D eigenvalue weighted by Gasteiger charge is 2.20. The molecular weight excluding hydrogens is 703 g/mol. The number of rotatable bonds is 6. The smallest absolute Gasteiger partial charge is 0.0640 e. The third-order valence-corrected chi connectivity index (χ3v) is 13.4. The Bertz CT molecular complexity index is 3200. The second-order valence-electron chi connectivity index (χ2n) is 14.0. The maximum absolute atomic E-state index is 2.46. The van der Waals surface area contributed by atoms with E-state index in [0.717, 1.165) is 11.4 Å². The first-order valence-corrected chi connectivity index (χ1v) is 20.3. The molecule has 0 radical (unpaired) electrons. The van der Waals surface area contributed by atoms with Crippen molar-refractivity contribution in [3.05, 3.63) is 200 Å². The first kappa shape index (κ1) is 32.0. The minimum absolute atomic E-state index is 1.12. The van der Waals surface area contributed by atoms with Gasteiger partial charge in [0.2, 0.25) is 0 Å². The zero-order valence-corrected chi connectivity index (χ0v) is 31.4. The summed E-state index contributed by atoms with van der Waals surface area (Å²) in [6.07, 6.45) is 0. The van der Waals surface area contributed by atoms with Gasteiger partial charge in [-0.3, -0.25) is 0 Å². The predicted molar refractivity (Wildman–Crippen MR) is 241 cm³/mol. The molecule has 0 spiro atoms. The Morgan fingerprint density at radius 1 is 0.309 bits per heavy atom. The molecule has 0 bridgehead atoms. The van der Waals surface area contributed by atoms with Gasteiger partial charge in [-0.25, -0.2) is 0 Å². The highest BCUT2D eigenvalue weighted by molar-refractivity contribution is 7.27.